The predicted molar refractivity (Wildman–Crippen MR) is 147 cm³/mol. The van der Waals surface area contributed by atoms with Crippen LogP contribution in [0.5, 0.6) is 11.5 Å². The number of benzene rings is 2. The van der Waals surface area contributed by atoms with Gasteiger partial charge in [0.05, 0.1) is 25.0 Å². The van der Waals surface area contributed by atoms with Crippen molar-refractivity contribution in [1.82, 2.24) is 25.5 Å². The van der Waals surface area contributed by atoms with Gasteiger partial charge in [-0.05, 0) is 65.9 Å². The quantitative estimate of drug-likeness (QED) is 0.412. The molecule has 10 nitrogen and oxygen atoms in total. The fourth-order valence-corrected chi connectivity index (χ4v) is 5.44. The third-order valence-corrected chi connectivity index (χ3v) is 7.15. The van der Waals surface area contributed by atoms with Gasteiger partial charge in [-0.3, -0.25) is 4.79 Å². The zero-order valence-electron chi connectivity index (χ0n) is 23.4. The standard InChI is InChI=1S/C30H33N5O5/c1-6-39-29(37)26-18(2)31-21-15-30(3,4)16-22(36)28(21)27(26)19-12-13-23(24(14-19)38-5)40-17-25-32-33-34-35(25)20-10-8-7-9-11-20/h7-14,27,31H,6,15-17H2,1-5H3. The molecule has 2 aromatic carbocycles. The van der Waals surface area contributed by atoms with Gasteiger partial charge in [0.15, 0.2) is 29.7 Å². The Kier molecular flexibility index (Phi) is 7.42. The number of hydrogen-bond acceptors (Lipinski definition) is 9. The summed E-state index contributed by atoms with van der Waals surface area (Å²) in [5.41, 5.74) is 3.93. The molecule has 0 fully saturated rings. The van der Waals surface area contributed by atoms with Crippen LogP contribution in [0.3, 0.4) is 0 Å². The van der Waals surface area contributed by atoms with Crippen LogP contribution in [0.25, 0.3) is 5.69 Å². The van der Waals surface area contributed by atoms with Gasteiger partial charge in [0, 0.05) is 29.3 Å². The summed E-state index contributed by atoms with van der Waals surface area (Å²) < 4.78 is 18.8. The molecule has 0 amide bonds. The maximum atomic E-state index is 13.5. The number of dihydropyridines is 1. The minimum Gasteiger partial charge on any atom is -0.493 e. The molecule has 0 saturated carbocycles. The summed E-state index contributed by atoms with van der Waals surface area (Å²) in [6, 6.07) is 15.0. The fraction of sp³-hybridized carbons (Fsp3) is 0.367. The minimum atomic E-state index is -0.591. The van der Waals surface area contributed by atoms with E-state index in [0.717, 1.165) is 16.9 Å². The number of tetrazole rings is 1. The first kappa shape index (κ1) is 27.1. The van der Waals surface area contributed by atoms with Gasteiger partial charge in [-0.15, -0.1) is 5.10 Å². The van der Waals surface area contributed by atoms with Crippen LogP contribution in [0.15, 0.2) is 71.1 Å². The zero-order chi connectivity index (χ0) is 28.4. The van der Waals surface area contributed by atoms with E-state index in [2.05, 4.69) is 34.7 Å². The Balaban J connectivity index is 1.49. The largest absolute Gasteiger partial charge is 0.493 e. The summed E-state index contributed by atoms with van der Waals surface area (Å²) in [7, 11) is 1.55. The number of rotatable bonds is 8. The number of hydrogen-bond donors (Lipinski definition) is 1. The Morgan fingerprint density at radius 2 is 1.90 bits per heavy atom. The van der Waals surface area contributed by atoms with Crippen molar-refractivity contribution in [3.05, 3.63) is 82.5 Å². The van der Waals surface area contributed by atoms with E-state index in [1.807, 2.05) is 49.4 Å². The molecular weight excluding hydrogens is 510 g/mol. The summed E-state index contributed by atoms with van der Waals surface area (Å²) in [4.78, 5) is 26.7. The van der Waals surface area contributed by atoms with Crippen LogP contribution in [-0.2, 0) is 20.9 Å². The Bertz CT molecular complexity index is 1510. The molecular formula is C30H33N5O5. The average Bonchev–Trinajstić information content (AvgIpc) is 3.39. The number of methoxy groups -OCH3 is 1. The average molecular weight is 544 g/mol. The Morgan fingerprint density at radius 3 is 2.62 bits per heavy atom. The molecule has 208 valence electrons. The molecule has 1 atom stereocenters. The van der Waals surface area contributed by atoms with Gasteiger partial charge in [0.2, 0.25) is 0 Å². The van der Waals surface area contributed by atoms with Gasteiger partial charge < -0.3 is 19.5 Å². The molecule has 2 heterocycles. The third kappa shape index (κ3) is 5.21. The van der Waals surface area contributed by atoms with E-state index in [9.17, 15) is 9.59 Å². The number of carbonyl (C=O) groups is 2. The number of aromatic nitrogens is 4. The zero-order valence-corrected chi connectivity index (χ0v) is 23.4. The normalized spacial score (nSPS) is 18.2. The number of para-hydroxylation sites is 1. The lowest BCUT2D eigenvalue weighted by Gasteiger charge is -2.39. The summed E-state index contributed by atoms with van der Waals surface area (Å²) in [6.07, 6.45) is 1.10. The van der Waals surface area contributed by atoms with E-state index < -0.39 is 11.9 Å². The SMILES string of the molecule is CCOC(=O)C1=C(C)NC2=C(C(=O)CC(C)(C)C2)C1c1ccc(OCc2nnnn2-c2ccccc2)c(OC)c1. The van der Waals surface area contributed by atoms with Gasteiger partial charge in [-0.2, -0.15) is 4.68 Å². The summed E-state index contributed by atoms with van der Waals surface area (Å²) in [5, 5.41) is 15.3. The number of nitrogens with zero attached hydrogens (tertiary/aromatic N) is 4. The maximum absolute atomic E-state index is 13.5. The van der Waals surface area contributed by atoms with Crippen molar-refractivity contribution in [2.45, 2.75) is 53.1 Å². The van der Waals surface area contributed by atoms with E-state index in [4.69, 9.17) is 14.2 Å². The summed E-state index contributed by atoms with van der Waals surface area (Å²) >= 11 is 0. The van der Waals surface area contributed by atoms with Crippen LogP contribution >= 0.6 is 0 Å². The number of Topliss-reactive ketones (excluding diaryl/α,β-unsaturated/α-hetero) is 1. The van der Waals surface area contributed by atoms with E-state index in [1.165, 1.54) is 0 Å². The molecule has 1 aromatic heterocycles. The molecule has 40 heavy (non-hydrogen) atoms. The summed E-state index contributed by atoms with van der Waals surface area (Å²) in [5.74, 6) is 0.433. The first-order chi connectivity index (χ1) is 19.2. The van der Waals surface area contributed by atoms with Crippen LogP contribution in [0.1, 0.15) is 57.8 Å². The molecule has 0 bridgehead atoms. The molecule has 1 aliphatic carbocycles. The topological polar surface area (TPSA) is 117 Å². The molecule has 3 aromatic rings. The second-order valence-corrected chi connectivity index (χ2v) is 10.7. The first-order valence-electron chi connectivity index (χ1n) is 13.3. The molecule has 2 aliphatic rings. The number of nitrogens with one attached hydrogen (secondary N) is 1. The molecule has 0 saturated heterocycles. The number of carbonyl (C=O) groups excluding carboxylic acids is 2. The summed E-state index contributed by atoms with van der Waals surface area (Å²) in [6.45, 7) is 8.10. The lowest BCUT2D eigenvalue weighted by molar-refractivity contribution is -0.138. The number of ether oxygens (including phenoxy) is 3. The van der Waals surface area contributed by atoms with Crippen LogP contribution in [-0.4, -0.2) is 45.7 Å². The minimum absolute atomic E-state index is 0.0186. The van der Waals surface area contributed by atoms with Crippen LogP contribution in [0, 0.1) is 5.41 Å². The van der Waals surface area contributed by atoms with Crippen molar-refractivity contribution in [2.24, 2.45) is 5.41 Å². The highest BCUT2D eigenvalue weighted by Crippen LogP contribution is 2.48. The highest BCUT2D eigenvalue weighted by atomic mass is 16.5. The van der Waals surface area contributed by atoms with E-state index >= 15 is 0 Å². The Labute approximate surface area is 233 Å². The number of allylic oxidation sites excluding steroid dienone is 3. The molecule has 5 rings (SSSR count). The highest BCUT2D eigenvalue weighted by molar-refractivity contribution is 6.04. The second-order valence-electron chi connectivity index (χ2n) is 10.7. The van der Waals surface area contributed by atoms with Crippen molar-refractivity contribution in [3.63, 3.8) is 0 Å². The first-order valence-corrected chi connectivity index (χ1v) is 13.3. The van der Waals surface area contributed by atoms with Gasteiger partial charge in [0.25, 0.3) is 0 Å². The van der Waals surface area contributed by atoms with Gasteiger partial charge in [-0.25, -0.2) is 4.79 Å². The number of ketones is 1. The smallest absolute Gasteiger partial charge is 0.336 e. The Morgan fingerprint density at radius 1 is 1.12 bits per heavy atom. The molecule has 1 aliphatic heterocycles. The van der Waals surface area contributed by atoms with Crippen molar-refractivity contribution in [1.29, 1.82) is 0 Å². The van der Waals surface area contributed by atoms with Crippen molar-refractivity contribution < 1.29 is 23.8 Å². The number of esters is 1. The lowest BCUT2D eigenvalue weighted by Crippen LogP contribution is -2.38. The lowest BCUT2D eigenvalue weighted by atomic mass is 9.68. The van der Waals surface area contributed by atoms with Crippen molar-refractivity contribution in [2.75, 3.05) is 13.7 Å². The molecule has 0 spiro atoms. The van der Waals surface area contributed by atoms with Crippen LogP contribution < -0.4 is 14.8 Å². The molecule has 1 unspecified atom stereocenters. The molecule has 10 heteroatoms. The maximum Gasteiger partial charge on any atom is 0.336 e. The van der Waals surface area contributed by atoms with Gasteiger partial charge >= 0.3 is 5.97 Å². The van der Waals surface area contributed by atoms with E-state index in [1.54, 1.807) is 24.8 Å². The van der Waals surface area contributed by atoms with Gasteiger partial charge in [-0.1, -0.05) is 38.1 Å². The Hall–Kier alpha value is -4.47. The molecule has 0 radical (unpaired) electrons. The highest BCUT2D eigenvalue weighted by Gasteiger charge is 2.43. The van der Waals surface area contributed by atoms with Crippen LogP contribution in [0.4, 0.5) is 0 Å². The van der Waals surface area contributed by atoms with Crippen molar-refractivity contribution in [3.8, 4) is 17.2 Å². The van der Waals surface area contributed by atoms with Crippen LogP contribution in [0.2, 0.25) is 0 Å². The van der Waals surface area contributed by atoms with Crippen molar-refractivity contribution >= 4 is 11.8 Å². The third-order valence-electron chi connectivity index (χ3n) is 7.15. The van der Waals surface area contributed by atoms with Gasteiger partial charge in [0.1, 0.15) is 0 Å². The second kappa shape index (κ2) is 11.0. The van der Waals surface area contributed by atoms with E-state index in [-0.39, 0.29) is 24.4 Å². The predicted octanol–water partition coefficient (Wildman–Crippen LogP) is 4.42. The fourth-order valence-electron chi connectivity index (χ4n) is 5.44. The van der Waals surface area contributed by atoms with E-state index in [0.29, 0.717) is 47.0 Å². The monoisotopic (exact) mass is 543 g/mol. The molecule has 1 N–H and O–H groups in total.